The Labute approximate surface area is 97.3 Å². The van der Waals surface area contributed by atoms with Gasteiger partial charge in [0, 0.05) is 12.0 Å². The second kappa shape index (κ2) is 4.88. The van der Waals surface area contributed by atoms with Gasteiger partial charge in [0.2, 0.25) is 0 Å². The molecule has 0 unspecified atom stereocenters. The highest BCUT2D eigenvalue weighted by Gasteiger charge is 2.35. The lowest BCUT2D eigenvalue weighted by Gasteiger charge is -2.29. The number of rotatable bonds is 4. The van der Waals surface area contributed by atoms with Crippen LogP contribution in [0.4, 0.5) is 0 Å². The van der Waals surface area contributed by atoms with Crippen LogP contribution in [-0.2, 0) is 10.2 Å². The van der Waals surface area contributed by atoms with E-state index < -0.39 is 0 Å². The van der Waals surface area contributed by atoms with Gasteiger partial charge in [0.1, 0.15) is 5.75 Å². The summed E-state index contributed by atoms with van der Waals surface area (Å²) in [6, 6.07) is 7.64. The topological polar surface area (TPSA) is 29.5 Å². The minimum Gasteiger partial charge on any atom is -0.508 e. The lowest BCUT2D eigenvalue weighted by atomic mass is 9.79. The molecule has 1 aromatic carbocycles. The summed E-state index contributed by atoms with van der Waals surface area (Å²) in [6.07, 6.45) is 4.98. The predicted octanol–water partition coefficient (Wildman–Crippen LogP) is 3.24. The van der Waals surface area contributed by atoms with Crippen LogP contribution in [0.5, 0.6) is 5.75 Å². The Kier molecular flexibility index (Phi) is 3.49. The Balaban J connectivity index is 2.21. The maximum absolute atomic E-state index is 9.33. The molecule has 0 radical (unpaired) electrons. The quantitative estimate of drug-likeness (QED) is 0.844. The standard InChI is InChI=1S/C14H20O2/c1-2-16-11-14(9-3-4-10-14)12-5-7-13(15)8-6-12/h5-8,15H,2-4,9-11H2,1H3. The molecule has 1 N–H and O–H groups in total. The first-order chi connectivity index (χ1) is 7.77. The largest absolute Gasteiger partial charge is 0.508 e. The predicted molar refractivity (Wildman–Crippen MR) is 64.7 cm³/mol. The van der Waals surface area contributed by atoms with Gasteiger partial charge in [-0.1, -0.05) is 25.0 Å². The van der Waals surface area contributed by atoms with E-state index in [0.717, 1.165) is 13.2 Å². The monoisotopic (exact) mass is 220 g/mol. The summed E-state index contributed by atoms with van der Waals surface area (Å²) in [6.45, 7) is 3.63. The van der Waals surface area contributed by atoms with Gasteiger partial charge in [0.05, 0.1) is 6.61 Å². The summed E-state index contributed by atoms with van der Waals surface area (Å²) in [7, 11) is 0. The van der Waals surface area contributed by atoms with Crippen molar-refractivity contribution in [2.75, 3.05) is 13.2 Å². The van der Waals surface area contributed by atoms with Crippen molar-refractivity contribution in [1.82, 2.24) is 0 Å². The van der Waals surface area contributed by atoms with Crippen LogP contribution in [0.1, 0.15) is 38.2 Å². The molecule has 0 bridgehead atoms. The van der Waals surface area contributed by atoms with Gasteiger partial charge in [-0.3, -0.25) is 0 Å². The number of phenolic OH excluding ortho intramolecular Hbond substituents is 1. The van der Waals surface area contributed by atoms with Crippen LogP contribution < -0.4 is 0 Å². The lowest BCUT2D eigenvalue weighted by molar-refractivity contribution is 0.0935. The molecule has 0 aliphatic heterocycles. The van der Waals surface area contributed by atoms with Crippen LogP contribution in [-0.4, -0.2) is 18.3 Å². The van der Waals surface area contributed by atoms with Gasteiger partial charge in [-0.2, -0.15) is 0 Å². The fourth-order valence-corrected chi connectivity index (χ4v) is 2.68. The second-order valence-corrected chi connectivity index (χ2v) is 4.67. The fourth-order valence-electron chi connectivity index (χ4n) is 2.68. The van der Waals surface area contributed by atoms with Crippen molar-refractivity contribution < 1.29 is 9.84 Å². The highest BCUT2D eigenvalue weighted by atomic mass is 16.5. The summed E-state index contributed by atoms with van der Waals surface area (Å²) in [5.41, 5.74) is 1.51. The second-order valence-electron chi connectivity index (χ2n) is 4.67. The Hall–Kier alpha value is -1.02. The molecular formula is C14H20O2. The van der Waals surface area contributed by atoms with Crippen LogP contribution in [0.2, 0.25) is 0 Å². The van der Waals surface area contributed by atoms with E-state index in [1.165, 1.54) is 31.2 Å². The van der Waals surface area contributed by atoms with Crippen molar-refractivity contribution in [2.24, 2.45) is 0 Å². The van der Waals surface area contributed by atoms with E-state index in [1.54, 1.807) is 12.1 Å². The zero-order valence-corrected chi connectivity index (χ0v) is 9.91. The highest BCUT2D eigenvalue weighted by molar-refractivity contribution is 5.32. The Morgan fingerprint density at radius 2 is 1.81 bits per heavy atom. The van der Waals surface area contributed by atoms with Crippen LogP contribution in [0.3, 0.4) is 0 Å². The number of hydrogen-bond acceptors (Lipinski definition) is 2. The molecule has 2 rings (SSSR count). The van der Waals surface area contributed by atoms with Crippen molar-refractivity contribution in [3.63, 3.8) is 0 Å². The van der Waals surface area contributed by atoms with Crippen molar-refractivity contribution >= 4 is 0 Å². The van der Waals surface area contributed by atoms with Crippen molar-refractivity contribution in [1.29, 1.82) is 0 Å². The molecule has 16 heavy (non-hydrogen) atoms. The van der Waals surface area contributed by atoms with Gasteiger partial charge in [0.25, 0.3) is 0 Å². The summed E-state index contributed by atoms with van der Waals surface area (Å²) in [4.78, 5) is 0. The van der Waals surface area contributed by atoms with Gasteiger partial charge >= 0.3 is 0 Å². The highest BCUT2D eigenvalue weighted by Crippen LogP contribution is 2.41. The SMILES string of the molecule is CCOCC1(c2ccc(O)cc2)CCCC1. The number of aromatic hydroxyl groups is 1. The molecule has 1 aliphatic rings. The molecule has 1 aliphatic carbocycles. The van der Waals surface area contributed by atoms with Gasteiger partial charge < -0.3 is 9.84 Å². The molecular weight excluding hydrogens is 200 g/mol. The van der Waals surface area contributed by atoms with Gasteiger partial charge in [-0.25, -0.2) is 0 Å². The zero-order valence-electron chi connectivity index (χ0n) is 9.91. The van der Waals surface area contributed by atoms with E-state index in [2.05, 4.69) is 0 Å². The third-order valence-corrected chi connectivity index (χ3v) is 3.62. The minimum absolute atomic E-state index is 0.198. The molecule has 1 aromatic rings. The van der Waals surface area contributed by atoms with E-state index in [1.807, 2.05) is 19.1 Å². The normalized spacial score (nSPS) is 18.8. The average molecular weight is 220 g/mol. The van der Waals surface area contributed by atoms with E-state index >= 15 is 0 Å². The molecule has 2 nitrogen and oxygen atoms in total. The molecule has 1 fully saturated rings. The molecule has 0 aromatic heterocycles. The number of phenols is 1. The van der Waals surface area contributed by atoms with Crippen LogP contribution in [0.15, 0.2) is 24.3 Å². The maximum atomic E-state index is 9.33. The third-order valence-electron chi connectivity index (χ3n) is 3.62. The van der Waals surface area contributed by atoms with Crippen molar-refractivity contribution in [3.05, 3.63) is 29.8 Å². The molecule has 0 atom stereocenters. The number of hydrogen-bond donors (Lipinski definition) is 1. The zero-order chi connectivity index (χ0) is 11.4. The first-order valence-corrected chi connectivity index (χ1v) is 6.14. The number of ether oxygens (including phenoxy) is 1. The first kappa shape index (κ1) is 11.5. The summed E-state index contributed by atoms with van der Waals surface area (Å²) in [5, 5.41) is 9.33. The Morgan fingerprint density at radius 1 is 1.19 bits per heavy atom. The van der Waals surface area contributed by atoms with Crippen LogP contribution in [0, 0.1) is 0 Å². The van der Waals surface area contributed by atoms with Crippen LogP contribution >= 0.6 is 0 Å². The van der Waals surface area contributed by atoms with E-state index in [9.17, 15) is 5.11 Å². The van der Waals surface area contributed by atoms with Crippen molar-refractivity contribution in [2.45, 2.75) is 38.0 Å². The average Bonchev–Trinajstić information content (AvgIpc) is 2.77. The van der Waals surface area contributed by atoms with Gasteiger partial charge in [-0.15, -0.1) is 0 Å². The van der Waals surface area contributed by atoms with Crippen LogP contribution in [0.25, 0.3) is 0 Å². The summed E-state index contributed by atoms with van der Waals surface area (Å²) in [5.74, 6) is 0.341. The molecule has 1 saturated carbocycles. The van der Waals surface area contributed by atoms with E-state index in [4.69, 9.17) is 4.74 Å². The smallest absolute Gasteiger partial charge is 0.115 e. The lowest BCUT2D eigenvalue weighted by Crippen LogP contribution is -2.28. The maximum Gasteiger partial charge on any atom is 0.115 e. The van der Waals surface area contributed by atoms with Gasteiger partial charge in [-0.05, 0) is 37.5 Å². The summed E-state index contributed by atoms with van der Waals surface area (Å²) < 4.78 is 5.64. The fraction of sp³-hybridized carbons (Fsp3) is 0.571. The number of benzene rings is 1. The Morgan fingerprint density at radius 3 is 2.38 bits per heavy atom. The minimum atomic E-state index is 0.198. The Bertz CT molecular complexity index is 323. The van der Waals surface area contributed by atoms with E-state index in [-0.39, 0.29) is 5.41 Å². The van der Waals surface area contributed by atoms with Gasteiger partial charge in [0.15, 0.2) is 0 Å². The van der Waals surface area contributed by atoms with E-state index in [0.29, 0.717) is 5.75 Å². The van der Waals surface area contributed by atoms with Crippen molar-refractivity contribution in [3.8, 4) is 5.75 Å². The molecule has 0 saturated heterocycles. The molecule has 0 spiro atoms. The third kappa shape index (κ3) is 2.22. The molecule has 2 heteroatoms. The first-order valence-electron chi connectivity index (χ1n) is 6.14. The molecule has 0 heterocycles. The summed E-state index contributed by atoms with van der Waals surface area (Å²) >= 11 is 0. The molecule has 88 valence electrons. The molecule has 0 amide bonds.